The fourth-order valence-electron chi connectivity index (χ4n) is 2.45. The van der Waals surface area contributed by atoms with Crippen molar-refractivity contribution < 1.29 is 5.11 Å². The Kier molecular flexibility index (Phi) is 7.81. The second kappa shape index (κ2) is 8.97. The van der Waals surface area contributed by atoms with Crippen molar-refractivity contribution in [1.29, 1.82) is 0 Å². The molecule has 1 aliphatic rings. The normalized spacial score (nSPS) is 21.6. The molecule has 1 saturated heterocycles. The van der Waals surface area contributed by atoms with Crippen LogP contribution < -0.4 is 5.32 Å². The first-order valence-corrected chi connectivity index (χ1v) is 6.93. The lowest BCUT2D eigenvalue weighted by Crippen LogP contribution is -2.44. The van der Waals surface area contributed by atoms with E-state index in [9.17, 15) is 0 Å². The molecule has 16 heavy (non-hydrogen) atoms. The Hall–Kier alpha value is -0.120. The molecule has 0 aromatic rings. The Morgan fingerprint density at radius 1 is 1.25 bits per heavy atom. The number of unbranched alkanes of at least 4 members (excludes halogenated alkanes) is 1. The van der Waals surface area contributed by atoms with Crippen LogP contribution in [0.15, 0.2) is 0 Å². The lowest BCUT2D eigenvalue weighted by atomic mass is 10.0. The van der Waals surface area contributed by atoms with Crippen LogP contribution in [0.4, 0.5) is 0 Å². The summed E-state index contributed by atoms with van der Waals surface area (Å²) >= 11 is 0. The number of nitrogens with zero attached hydrogens (tertiary/aromatic N) is 1. The van der Waals surface area contributed by atoms with Gasteiger partial charge in [-0.1, -0.05) is 13.3 Å². The summed E-state index contributed by atoms with van der Waals surface area (Å²) in [6.07, 6.45) is 7.36. The zero-order valence-electron chi connectivity index (χ0n) is 10.7. The molecule has 96 valence electrons. The first-order chi connectivity index (χ1) is 7.86. The van der Waals surface area contributed by atoms with Crippen molar-refractivity contribution in [3.05, 3.63) is 0 Å². The third-order valence-corrected chi connectivity index (χ3v) is 3.31. The van der Waals surface area contributed by atoms with Gasteiger partial charge in [0.25, 0.3) is 0 Å². The molecular weight excluding hydrogens is 200 g/mol. The van der Waals surface area contributed by atoms with Crippen LogP contribution in [0, 0.1) is 0 Å². The Balaban J connectivity index is 2.19. The molecule has 0 saturated carbocycles. The topological polar surface area (TPSA) is 35.5 Å². The summed E-state index contributed by atoms with van der Waals surface area (Å²) in [5, 5.41) is 12.4. The SMILES string of the molecule is CCCN(CCCCO)CC1CCCCN1. The number of hydrogen-bond acceptors (Lipinski definition) is 3. The van der Waals surface area contributed by atoms with Gasteiger partial charge in [0.1, 0.15) is 0 Å². The van der Waals surface area contributed by atoms with Gasteiger partial charge in [-0.3, -0.25) is 0 Å². The summed E-state index contributed by atoms with van der Waals surface area (Å²) < 4.78 is 0. The second-order valence-corrected chi connectivity index (χ2v) is 4.88. The number of hydrogen-bond donors (Lipinski definition) is 2. The fraction of sp³-hybridized carbons (Fsp3) is 1.00. The monoisotopic (exact) mass is 228 g/mol. The summed E-state index contributed by atoms with van der Waals surface area (Å²) in [5.41, 5.74) is 0. The van der Waals surface area contributed by atoms with Crippen molar-refractivity contribution in [3.63, 3.8) is 0 Å². The number of aliphatic hydroxyl groups excluding tert-OH is 1. The number of aliphatic hydroxyl groups is 1. The van der Waals surface area contributed by atoms with Gasteiger partial charge >= 0.3 is 0 Å². The van der Waals surface area contributed by atoms with E-state index >= 15 is 0 Å². The summed E-state index contributed by atoms with van der Waals surface area (Å²) in [6, 6.07) is 0.703. The van der Waals surface area contributed by atoms with Crippen molar-refractivity contribution in [2.75, 3.05) is 32.8 Å². The molecule has 3 nitrogen and oxygen atoms in total. The van der Waals surface area contributed by atoms with Gasteiger partial charge in [-0.05, 0) is 51.7 Å². The van der Waals surface area contributed by atoms with Crippen LogP contribution in [-0.4, -0.2) is 48.8 Å². The van der Waals surface area contributed by atoms with Crippen molar-refractivity contribution in [1.82, 2.24) is 10.2 Å². The maximum absolute atomic E-state index is 8.80. The molecule has 0 aromatic carbocycles. The van der Waals surface area contributed by atoms with Crippen molar-refractivity contribution in [2.24, 2.45) is 0 Å². The quantitative estimate of drug-likeness (QED) is 0.620. The van der Waals surface area contributed by atoms with E-state index in [1.165, 1.54) is 45.3 Å². The first-order valence-electron chi connectivity index (χ1n) is 6.93. The van der Waals surface area contributed by atoms with Crippen molar-refractivity contribution in [3.8, 4) is 0 Å². The zero-order chi connectivity index (χ0) is 11.6. The standard InChI is InChI=1S/C13H28N2O/c1-2-9-15(10-5-6-11-16)12-13-7-3-4-8-14-13/h13-14,16H,2-12H2,1H3. The molecule has 3 heteroatoms. The summed E-state index contributed by atoms with van der Waals surface area (Å²) in [4.78, 5) is 2.55. The highest BCUT2D eigenvalue weighted by atomic mass is 16.2. The minimum Gasteiger partial charge on any atom is -0.396 e. The van der Waals surface area contributed by atoms with Crippen molar-refractivity contribution >= 4 is 0 Å². The van der Waals surface area contributed by atoms with Gasteiger partial charge in [-0.25, -0.2) is 0 Å². The van der Waals surface area contributed by atoms with Crippen LogP contribution in [0.2, 0.25) is 0 Å². The maximum Gasteiger partial charge on any atom is 0.0431 e. The highest BCUT2D eigenvalue weighted by Crippen LogP contribution is 2.09. The fourth-order valence-corrected chi connectivity index (χ4v) is 2.45. The first kappa shape index (κ1) is 13.9. The molecule has 0 amide bonds. The van der Waals surface area contributed by atoms with Gasteiger partial charge < -0.3 is 15.3 Å². The largest absolute Gasteiger partial charge is 0.396 e. The Labute approximate surface area is 100 Å². The summed E-state index contributed by atoms with van der Waals surface area (Å²) in [5.74, 6) is 0. The molecule has 1 aliphatic heterocycles. The maximum atomic E-state index is 8.80. The molecule has 1 fully saturated rings. The van der Waals surface area contributed by atoms with Gasteiger partial charge in [0.15, 0.2) is 0 Å². The molecule has 0 aliphatic carbocycles. The molecule has 0 radical (unpaired) electrons. The van der Waals surface area contributed by atoms with Gasteiger partial charge in [-0.15, -0.1) is 0 Å². The van der Waals surface area contributed by atoms with Crippen molar-refractivity contribution in [2.45, 2.75) is 51.5 Å². The summed E-state index contributed by atoms with van der Waals surface area (Å²) in [7, 11) is 0. The van der Waals surface area contributed by atoms with Gasteiger partial charge in [0, 0.05) is 19.2 Å². The van der Waals surface area contributed by atoms with Crippen LogP contribution in [0.25, 0.3) is 0 Å². The average Bonchev–Trinajstić information content (AvgIpc) is 2.31. The molecule has 2 N–H and O–H groups in total. The second-order valence-electron chi connectivity index (χ2n) is 4.88. The highest BCUT2D eigenvalue weighted by Gasteiger charge is 2.15. The van der Waals surface area contributed by atoms with E-state index in [1.807, 2.05) is 0 Å². The van der Waals surface area contributed by atoms with E-state index in [2.05, 4.69) is 17.1 Å². The minimum absolute atomic E-state index is 0.335. The Morgan fingerprint density at radius 3 is 2.75 bits per heavy atom. The molecule has 1 heterocycles. The van der Waals surface area contributed by atoms with E-state index in [0.29, 0.717) is 12.6 Å². The molecular formula is C13H28N2O. The Bertz CT molecular complexity index is 158. The van der Waals surface area contributed by atoms with Crippen LogP contribution in [-0.2, 0) is 0 Å². The van der Waals surface area contributed by atoms with E-state index in [-0.39, 0.29) is 0 Å². The molecule has 1 atom stereocenters. The predicted molar refractivity (Wildman–Crippen MR) is 68.7 cm³/mol. The number of rotatable bonds is 8. The molecule has 0 spiro atoms. The highest BCUT2D eigenvalue weighted by molar-refractivity contribution is 4.76. The van der Waals surface area contributed by atoms with Gasteiger partial charge in [0.2, 0.25) is 0 Å². The number of piperidine rings is 1. The summed E-state index contributed by atoms with van der Waals surface area (Å²) in [6.45, 7) is 7.31. The van der Waals surface area contributed by atoms with Gasteiger partial charge in [-0.2, -0.15) is 0 Å². The van der Waals surface area contributed by atoms with Gasteiger partial charge in [0.05, 0.1) is 0 Å². The van der Waals surface area contributed by atoms with E-state index < -0.39 is 0 Å². The van der Waals surface area contributed by atoms with E-state index in [1.54, 1.807) is 0 Å². The molecule has 1 rings (SSSR count). The molecule has 1 unspecified atom stereocenters. The third-order valence-electron chi connectivity index (χ3n) is 3.31. The Morgan fingerprint density at radius 2 is 2.12 bits per heavy atom. The third kappa shape index (κ3) is 5.83. The lowest BCUT2D eigenvalue weighted by molar-refractivity contribution is 0.210. The zero-order valence-corrected chi connectivity index (χ0v) is 10.7. The van der Waals surface area contributed by atoms with E-state index in [4.69, 9.17) is 5.11 Å². The molecule has 0 aromatic heterocycles. The molecule has 0 bridgehead atoms. The number of nitrogens with one attached hydrogen (secondary N) is 1. The van der Waals surface area contributed by atoms with Crippen LogP contribution in [0.3, 0.4) is 0 Å². The van der Waals surface area contributed by atoms with Crippen LogP contribution in [0.5, 0.6) is 0 Å². The minimum atomic E-state index is 0.335. The average molecular weight is 228 g/mol. The lowest BCUT2D eigenvalue weighted by Gasteiger charge is -2.30. The predicted octanol–water partition coefficient (Wildman–Crippen LogP) is 1.61. The smallest absolute Gasteiger partial charge is 0.0431 e. The van der Waals surface area contributed by atoms with Crippen LogP contribution in [0.1, 0.15) is 45.4 Å². The van der Waals surface area contributed by atoms with Crippen LogP contribution >= 0.6 is 0 Å². The van der Waals surface area contributed by atoms with E-state index in [0.717, 1.165) is 19.4 Å².